The van der Waals surface area contributed by atoms with Gasteiger partial charge in [-0.15, -0.1) is 0 Å². The summed E-state index contributed by atoms with van der Waals surface area (Å²) < 4.78 is 10.5. The molecular formula is C21H36N4O3. The second-order valence-electron chi connectivity index (χ2n) is 8.25. The van der Waals surface area contributed by atoms with Crippen LogP contribution in [0.2, 0.25) is 0 Å². The lowest BCUT2D eigenvalue weighted by Gasteiger charge is -2.23. The third-order valence-electron chi connectivity index (χ3n) is 3.95. The SMILES string of the molecule is COCC(C)NC(N)=NCC(NC(=O)OC(C)(C)C)c1ccc(C(C)C)cc1. The summed E-state index contributed by atoms with van der Waals surface area (Å²) in [6.07, 6.45) is -0.486. The Hall–Kier alpha value is -2.28. The maximum Gasteiger partial charge on any atom is 0.408 e. The summed E-state index contributed by atoms with van der Waals surface area (Å²) >= 11 is 0. The van der Waals surface area contributed by atoms with Crippen LogP contribution in [-0.4, -0.2) is 44.0 Å². The van der Waals surface area contributed by atoms with Crippen molar-refractivity contribution >= 4 is 12.1 Å². The van der Waals surface area contributed by atoms with E-state index >= 15 is 0 Å². The number of ether oxygens (including phenoxy) is 2. The molecule has 0 heterocycles. The first kappa shape index (κ1) is 23.8. The zero-order valence-corrected chi connectivity index (χ0v) is 18.2. The molecule has 0 aliphatic carbocycles. The van der Waals surface area contributed by atoms with Crippen molar-refractivity contribution < 1.29 is 14.3 Å². The van der Waals surface area contributed by atoms with E-state index in [1.807, 2.05) is 39.8 Å². The predicted octanol–water partition coefficient (Wildman–Crippen LogP) is 3.32. The van der Waals surface area contributed by atoms with Crippen molar-refractivity contribution in [2.24, 2.45) is 10.7 Å². The Morgan fingerprint density at radius 1 is 1.11 bits per heavy atom. The van der Waals surface area contributed by atoms with E-state index in [1.54, 1.807) is 7.11 Å². The number of nitrogens with two attached hydrogens (primary N) is 1. The standard InChI is InChI=1S/C21H36N4O3/c1-14(2)16-8-10-17(11-9-16)18(25-20(26)28-21(4,5)6)12-23-19(22)24-15(3)13-27-7/h8-11,14-15,18H,12-13H2,1-7H3,(H,25,26)(H3,22,23,24). The fourth-order valence-electron chi connectivity index (χ4n) is 2.58. The smallest absolute Gasteiger partial charge is 0.408 e. The summed E-state index contributed by atoms with van der Waals surface area (Å²) in [6, 6.07) is 7.82. The lowest BCUT2D eigenvalue weighted by atomic mass is 9.99. The van der Waals surface area contributed by atoms with E-state index in [0.29, 0.717) is 25.0 Å². The number of rotatable bonds is 8. The minimum Gasteiger partial charge on any atom is -0.444 e. The first-order valence-corrected chi connectivity index (χ1v) is 9.66. The van der Waals surface area contributed by atoms with Crippen molar-refractivity contribution in [1.82, 2.24) is 10.6 Å². The zero-order chi connectivity index (χ0) is 21.3. The Balaban J connectivity index is 2.92. The molecule has 28 heavy (non-hydrogen) atoms. The highest BCUT2D eigenvalue weighted by Gasteiger charge is 2.21. The van der Waals surface area contributed by atoms with E-state index in [0.717, 1.165) is 5.56 Å². The lowest BCUT2D eigenvalue weighted by Crippen LogP contribution is -2.41. The molecule has 0 aliphatic heterocycles. The topological polar surface area (TPSA) is 98.0 Å². The van der Waals surface area contributed by atoms with Gasteiger partial charge in [-0.05, 0) is 44.7 Å². The normalized spacial score (nSPS) is 14.5. The van der Waals surface area contributed by atoms with Gasteiger partial charge in [-0.2, -0.15) is 0 Å². The van der Waals surface area contributed by atoms with E-state index in [2.05, 4.69) is 41.6 Å². The molecule has 1 rings (SSSR count). The monoisotopic (exact) mass is 392 g/mol. The van der Waals surface area contributed by atoms with E-state index in [9.17, 15) is 4.79 Å². The number of hydrogen-bond acceptors (Lipinski definition) is 4. The summed E-state index contributed by atoms with van der Waals surface area (Å²) in [5, 5.41) is 5.96. The lowest BCUT2D eigenvalue weighted by molar-refractivity contribution is 0.0505. The Labute approximate surface area is 169 Å². The molecule has 7 heteroatoms. The number of nitrogens with one attached hydrogen (secondary N) is 2. The van der Waals surface area contributed by atoms with Crippen LogP contribution in [0.25, 0.3) is 0 Å². The van der Waals surface area contributed by atoms with Crippen molar-refractivity contribution in [2.45, 2.75) is 65.1 Å². The maximum absolute atomic E-state index is 12.3. The molecule has 158 valence electrons. The van der Waals surface area contributed by atoms with Crippen molar-refractivity contribution in [3.63, 3.8) is 0 Å². The summed E-state index contributed by atoms with van der Waals surface area (Å²) in [5.74, 6) is 0.741. The molecule has 1 amide bonds. The minimum atomic E-state index is -0.574. The van der Waals surface area contributed by atoms with Gasteiger partial charge in [0.2, 0.25) is 0 Å². The third kappa shape index (κ3) is 9.08. The van der Waals surface area contributed by atoms with Crippen LogP contribution in [0.5, 0.6) is 0 Å². The molecule has 1 aromatic rings. The van der Waals surface area contributed by atoms with Crippen molar-refractivity contribution in [1.29, 1.82) is 0 Å². The number of nitrogens with zero attached hydrogens (tertiary/aromatic N) is 1. The molecule has 7 nitrogen and oxygen atoms in total. The van der Waals surface area contributed by atoms with Gasteiger partial charge in [-0.25, -0.2) is 4.79 Å². The van der Waals surface area contributed by atoms with E-state index in [1.165, 1.54) is 5.56 Å². The van der Waals surface area contributed by atoms with Crippen LogP contribution >= 0.6 is 0 Å². The zero-order valence-electron chi connectivity index (χ0n) is 18.2. The Morgan fingerprint density at radius 2 is 1.68 bits per heavy atom. The molecule has 0 radical (unpaired) electrons. The first-order valence-electron chi connectivity index (χ1n) is 9.66. The highest BCUT2D eigenvalue weighted by molar-refractivity contribution is 5.78. The van der Waals surface area contributed by atoms with Crippen LogP contribution in [0, 0.1) is 0 Å². The highest BCUT2D eigenvalue weighted by Crippen LogP contribution is 2.20. The van der Waals surface area contributed by atoms with Gasteiger partial charge in [0.05, 0.1) is 19.2 Å². The number of guanidine groups is 1. The van der Waals surface area contributed by atoms with Crippen LogP contribution in [0.4, 0.5) is 4.79 Å². The van der Waals surface area contributed by atoms with Crippen LogP contribution in [0.1, 0.15) is 64.6 Å². The largest absolute Gasteiger partial charge is 0.444 e. The van der Waals surface area contributed by atoms with Crippen molar-refractivity contribution in [2.75, 3.05) is 20.3 Å². The molecule has 0 aromatic heterocycles. The second kappa shape index (κ2) is 10.9. The van der Waals surface area contributed by atoms with Crippen LogP contribution < -0.4 is 16.4 Å². The molecule has 1 aromatic carbocycles. The number of carbonyl (C=O) groups is 1. The summed E-state index contributed by atoms with van der Waals surface area (Å²) in [4.78, 5) is 16.7. The van der Waals surface area contributed by atoms with Gasteiger partial charge in [0.15, 0.2) is 5.96 Å². The predicted molar refractivity (Wildman–Crippen MR) is 114 cm³/mol. The van der Waals surface area contributed by atoms with Crippen molar-refractivity contribution in [3.8, 4) is 0 Å². The molecule has 4 N–H and O–H groups in total. The highest BCUT2D eigenvalue weighted by atomic mass is 16.6. The van der Waals surface area contributed by atoms with Crippen LogP contribution in [0.3, 0.4) is 0 Å². The van der Waals surface area contributed by atoms with E-state index in [-0.39, 0.29) is 12.1 Å². The summed E-state index contributed by atoms with van der Waals surface area (Å²) in [6.45, 7) is 12.5. The molecule has 2 unspecified atom stereocenters. The van der Waals surface area contributed by atoms with Gasteiger partial charge in [0.1, 0.15) is 5.60 Å². The first-order chi connectivity index (χ1) is 13.0. The second-order valence-corrected chi connectivity index (χ2v) is 8.25. The molecule has 0 saturated carbocycles. The Kier molecular flexibility index (Phi) is 9.25. The maximum atomic E-state index is 12.3. The average molecular weight is 393 g/mol. The molecule has 0 spiro atoms. The number of amides is 1. The average Bonchev–Trinajstić information content (AvgIpc) is 2.57. The number of hydrogen-bond donors (Lipinski definition) is 3. The molecule has 0 saturated heterocycles. The van der Waals surface area contributed by atoms with Crippen molar-refractivity contribution in [3.05, 3.63) is 35.4 Å². The summed E-state index contributed by atoms with van der Waals surface area (Å²) in [7, 11) is 1.63. The minimum absolute atomic E-state index is 0.0383. The van der Waals surface area contributed by atoms with Gasteiger partial charge in [0, 0.05) is 13.2 Å². The van der Waals surface area contributed by atoms with Crippen LogP contribution in [-0.2, 0) is 9.47 Å². The van der Waals surface area contributed by atoms with Gasteiger partial charge < -0.3 is 25.8 Å². The molecular weight excluding hydrogens is 356 g/mol. The van der Waals surface area contributed by atoms with Gasteiger partial charge in [0.25, 0.3) is 0 Å². The van der Waals surface area contributed by atoms with Gasteiger partial charge >= 0.3 is 6.09 Å². The number of aliphatic imine (C=N–C) groups is 1. The third-order valence-corrected chi connectivity index (χ3v) is 3.95. The quantitative estimate of drug-likeness (QED) is 0.466. The van der Waals surface area contributed by atoms with E-state index in [4.69, 9.17) is 15.2 Å². The number of methoxy groups -OCH3 is 1. The fraction of sp³-hybridized carbons (Fsp3) is 0.619. The number of benzene rings is 1. The van der Waals surface area contributed by atoms with Crippen LogP contribution in [0.15, 0.2) is 29.3 Å². The van der Waals surface area contributed by atoms with Gasteiger partial charge in [-0.3, -0.25) is 4.99 Å². The molecule has 0 bridgehead atoms. The molecule has 0 aliphatic rings. The Morgan fingerprint density at radius 3 is 2.18 bits per heavy atom. The van der Waals surface area contributed by atoms with E-state index < -0.39 is 11.7 Å². The Bertz CT molecular complexity index is 636. The fourth-order valence-corrected chi connectivity index (χ4v) is 2.58. The number of carbonyl (C=O) groups excluding carboxylic acids is 1. The summed E-state index contributed by atoms with van der Waals surface area (Å²) in [5.41, 5.74) is 7.57. The molecule has 0 fully saturated rings. The molecule has 2 atom stereocenters. The number of alkyl carbamates (subject to hydrolysis) is 1. The van der Waals surface area contributed by atoms with Gasteiger partial charge in [-0.1, -0.05) is 38.1 Å².